The molecule has 0 bridgehead atoms. The Morgan fingerprint density at radius 1 is 0.828 bits per heavy atom. The average Bonchev–Trinajstić information content (AvgIpc) is 2.73. The summed E-state index contributed by atoms with van der Waals surface area (Å²) >= 11 is 0. The van der Waals surface area contributed by atoms with Gasteiger partial charge in [-0.2, -0.15) is 17.6 Å². The van der Waals surface area contributed by atoms with Crippen LogP contribution in [0.25, 0.3) is 0 Å². The average molecular weight is 415 g/mol. The minimum absolute atomic E-state index is 0.217. The van der Waals surface area contributed by atoms with Gasteiger partial charge in [0.25, 0.3) is 0 Å². The van der Waals surface area contributed by atoms with Crippen molar-refractivity contribution < 1.29 is 22.3 Å². The minimum Gasteiger partial charge on any atom is -0.428 e. The van der Waals surface area contributed by atoms with E-state index in [9.17, 15) is 17.6 Å². The molecule has 0 radical (unpaired) electrons. The standard InChI is InChI=1S/C24H34F4O/c1-2-17-3-5-18(6-4-17)7-8-19-9-11-20(12-10-19)21-13-15-22(16-14-21)29-24(27,28)23(25)26/h13-20,23H,2-12H2,1H3. The van der Waals surface area contributed by atoms with Crippen molar-refractivity contribution in [1.29, 1.82) is 0 Å². The maximum absolute atomic E-state index is 13.0. The number of rotatable bonds is 8. The Labute approximate surface area is 172 Å². The molecule has 1 aromatic rings. The lowest BCUT2D eigenvalue weighted by atomic mass is 9.74. The Balaban J connectivity index is 1.40. The summed E-state index contributed by atoms with van der Waals surface area (Å²) < 4.78 is 54.6. The molecule has 0 aromatic heterocycles. The number of alkyl halides is 4. The van der Waals surface area contributed by atoms with Gasteiger partial charge in [-0.05, 0) is 67.1 Å². The topological polar surface area (TPSA) is 9.23 Å². The van der Waals surface area contributed by atoms with Crippen molar-refractivity contribution >= 4 is 0 Å². The third-order valence-electron chi connectivity index (χ3n) is 7.23. The zero-order valence-electron chi connectivity index (χ0n) is 17.4. The number of hydrogen-bond donors (Lipinski definition) is 0. The van der Waals surface area contributed by atoms with Crippen LogP contribution in [-0.4, -0.2) is 12.5 Å². The third kappa shape index (κ3) is 6.36. The second-order valence-corrected chi connectivity index (χ2v) is 9.12. The fourth-order valence-corrected chi connectivity index (χ4v) is 5.19. The molecule has 2 aliphatic rings. The summed E-state index contributed by atoms with van der Waals surface area (Å²) in [5.41, 5.74) is 1.09. The maximum Gasteiger partial charge on any atom is 0.461 e. The summed E-state index contributed by atoms with van der Waals surface area (Å²) in [6.07, 6.45) is 6.06. The second-order valence-electron chi connectivity index (χ2n) is 9.12. The van der Waals surface area contributed by atoms with Crippen LogP contribution in [0.4, 0.5) is 17.6 Å². The molecule has 5 heteroatoms. The fraction of sp³-hybridized carbons (Fsp3) is 0.750. The van der Waals surface area contributed by atoms with Crippen LogP contribution in [0.15, 0.2) is 24.3 Å². The second kappa shape index (κ2) is 10.2. The maximum atomic E-state index is 13.0. The molecule has 0 unspecified atom stereocenters. The number of halogens is 4. The van der Waals surface area contributed by atoms with E-state index < -0.39 is 12.5 Å². The molecule has 2 aliphatic carbocycles. The summed E-state index contributed by atoms with van der Waals surface area (Å²) in [6, 6.07) is 6.25. The van der Waals surface area contributed by atoms with Crippen molar-refractivity contribution in [3.8, 4) is 5.75 Å². The lowest BCUT2D eigenvalue weighted by Crippen LogP contribution is -2.33. The van der Waals surface area contributed by atoms with E-state index in [0.717, 1.165) is 36.2 Å². The molecule has 0 amide bonds. The quantitative estimate of drug-likeness (QED) is 0.390. The minimum atomic E-state index is -4.45. The van der Waals surface area contributed by atoms with E-state index in [1.807, 2.05) is 0 Å². The number of benzene rings is 1. The van der Waals surface area contributed by atoms with Crippen LogP contribution >= 0.6 is 0 Å². The summed E-state index contributed by atoms with van der Waals surface area (Å²) in [5.74, 6) is 2.90. The van der Waals surface area contributed by atoms with E-state index in [-0.39, 0.29) is 5.75 Å². The van der Waals surface area contributed by atoms with E-state index in [0.29, 0.717) is 5.92 Å². The first-order chi connectivity index (χ1) is 13.9. The predicted octanol–water partition coefficient (Wildman–Crippen LogP) is 8.19. The molecular weight excluding hydrogens is 380 g/mol. The first kappa shape index (κ1) is 22.4. The zero-order chi connectivity index (χ0) is 20.9. The Morgan fingerprint density at radius 3 is 1.79 bits per heavy atom. The van der Waals surface area contributed by atoms with Gasteiger partial charge in [0.2, 0.25) is 0 Å². The lowest BCUT2D eigenvalue weighted by Gasteiger charge is -2.32. The zero-order valence-corrected chi connectivity index (χ0v) is 17.4. The van der Waals surface area contributed by atoms with Crippen LogP contribution in [0.1, 0.15) is 89.0 Å². The van der Waals surface area contributed by atoms with E-state index in [1.54, 1.807) is 12.1 Å². The highest BCUT2D eigenvalue weighted by Crippen LogP contribution is 2.40. The molecule has 1 aromatic carbocycles. The fourth-order valence-electron chi connectivity index (χ4n) is 5.19. The van der Waals surface area contributed by atoms with Crippen molar-refractivity contribution in [2.75, 3.05) is 0 Å². The Hall–Kier alpha value is -1.26. The molecule has 164 valence electrons. The highest BCUT2D eigenvalue weighted by molar-refractivity contribution is 5.30. The molecule has 2 saturated carbocycles. The van der Waals surface area contributed by atoms with E-state index >= 15 is 0 Å². The van der Waals surface area contributed by atoms with Gasteiger partial charge in [0.15, 0.2) is 0 Å². The summed E-state index contributed by atoms with van der Waals surface area (Å²) in [5, 5.41) is 0. The van der Waals surface area contributed by atoms with Gasteiger partial charge < -0.3 is 4.74 Å². The monoisotopic (exact) mass is 414 g/mol. The highest BCUT2D eigenvalue weighted by atomic mass is 19.3. The van der Waals surface area contributed by atoms with Crippen molar-refractivity contribution in [1.82, 2.24) is 0 Å². The van der Waals surface area contributed by atoms with Gasteiger partial charge in [0.05, 0.1) is 0 Å². The van der Waals surface area contributed by atoms with Crippen LogP contribution < -0.4 is 4.74 Å². The van der Waals surface area contributed by atoms with Gasteiger partial charge in [-0.1, -0.05) is 64.0 Å². The van der Waals surface area contributed by atoms with E-state index in [2.05, 4.69) is 11.7 Å². The van der Waals surface area contributed by atoms with Crippen LogP contribution in [0, 0.1) is 17.8 Å². The Morgan fingerprint density at radius 2 is 1.31 bits per heavy atom. The number of ether oxygens (including phenoxy) is 1. The molecule has 0 spiro atoms. The molecule has 0 N–H and O–H groups in total. The van der Waals surface area contributed by atoms with Crippen molar-refractivity contribution in [3.05, 3.63) is 29.8 Å². The van der Waals surface area contributed by atoms with Crippen molar-refractivity contribution in [2.45, 2.75) is 96.0 Å². The molecule has 0 aliphatic heterocycles. The van der Waals surface area contributed by atoms with Gasteiger partial charge in [0, 0.05) is 0 Å². The van der Waals surface area contributed by atoms with Crippen LogP contribution in [0.3, 0.4) is 0 Å². The van der Waals surface area contributed by atoms with Crippen molar-refractivity contribution in [2.24, 2.45) is 17.8 Å². The van der Waals surface area contributed by atoms with E-state index in [4.69, 9.17) is 0 Å². The van der Waals surface area contributed by atoms with Crippen LogP contribution in [-0.2, 0) is 0 Å². The van der Waals surface area contributed by atoms with Crippen LogP contribution in [0.2, 0.25) is 0 Å². The molecule has 1 nitrogen and oxygen atoms in total. The Kier molecular flexibility index (Phi) is 7.86. The van der Waals surface area contributed by atoms with Gasteiger partial charge in [-0.3, -0.25) is 0 Å². The molecule has 0 atom stereocenters. The van der Waals surface area contributed by atoms with E-state index in [1.165, 1.54) is 69.9 Å². The third-order valence-corrected chi connectivity index (χ3v) is 7.23. The smallest absolute Gasteiger partial charge is 0.428 e. The highest BCUT2D eigenvalue weighted by Gasteiger charge is 2.44. The molecule has 29 heavy (non-hydrogen) atoms. The van der Waals surface area contributed by atoms with Gasteiger partial charge in [-0.25, -0.2) is 0 Å². The van der Waals surface area contributed by atoms with Gasteiger partial charge in [-0.15, -0.1) is 0 Å². The summed E-state index contributed by atoms with van der Waals surface area (Å²) in [6.45, 7) is 2.31. The SMILES string of the molecule is CCC1CCC(CCC2CCC(c3ccc(OC(F)(F)C(F)F)cc3)CC2)CC1. The molecular formula is C24H34F4O. The largest absolute Gasteiger partial charge is 0.461 e. The summed E-state index contributed by atoms with van der Waals surface area (Å²) in [4.78, 5) is 0. The first-order valence-corrected chi connectivity index (χ1v) is 11.3. The Bertz CT molecular complexity index is 600. The van der Waals surface area contributed by atoms with Gasteiger partial charge in [0.1, 0.15) is 5.75 Å². The van der Waals surface area contributed by atoms with Gasteiger partial charge >= 0.3 is 12.5 Å². The molecule has 2 fully saturated rings. The van der Waals surface area contributed by atoms with Crippen molar-refractivity contribution in [3.63, 3.8) is 0 Å². The number of hydrogen-bond acceptors (Lipinski definition) is 1. The summed E-state index contributed by atoms with van der Waals surface area (Å²) in [7, 11) is 0. The molecule has 0 heterocycles. The first-order valence-electron chi connectivity index (χ1n) is 11.3. The normalized spacial score (nSPS) is 28.5. The predicted molar refractivity (Wildman–Crippen MR) is 108 cm³/mol. The lowest BCUT2D eigenvalue weighted by molar-refractivity contribution is -0.253. The molecule has 0 saturated heterocycles. The van der Waals surface area contributed by atoms with Crippen LogP contribution in [0.5, 0.6) is 5.75 Å². The molecule has 3 rings (SSSR count).